The lowest BCUT2D eigenvalue weighted by molar-refractivity contribution is 0.102. The Balaban J connectivity index is 1.64. The van der Waals surface area contributed by atoms with E-state index in [1.165, 1.54) is 11.3 Å². The highest BCUT2D eigenvalue weighted by atomic mass is 79.9. The molecule has 1 N–H and O–H groups in total. The fourth-order valence-electron chi connectivity index (χ4n) is 1.75. The minimum absolute atomic E-state index is 0.258. The maximum Gasteiger partial charge on any atom is 0.257 e. The topological polar surface area (TPSA) is 76.5 Å². The maximum absolute atomic E-state index is 12.2. The largest absolute Gasteiger partial charge is 0.497 e. The van der Waals surface area contributed by atoms with Gasteiger partial charge in [-0.05, 0) is 52.3 Å². The van der Waals surface area contributed by atoms with Crippen LogP contribution in [0.1, 0.15) is 15.2 Å². The smallest absolute Gasteiger partial charge is 0.257 e. The third-order valence-corrected chi connectivity index (χ3v) is 5.19. The van der Waals surface area contributed by atoms with Gasteiger partial charge in [0.1, 0.15) is 5.75 Å². The number of benzene rings is 1. The van der Waals surface area contributed by atoms with Gasteiger partial charge >= 0.3 is 0 Å². The molecule has 0 unspecified atom stereocenters. The Kier molecular flexibility index (Phi) is 5.34. The summed E-state index contributed by atoms with van der Waals surface area (Å²) in [7, 11) is 1.58. The number of rotatable bonds is 5. The molecule has 9 heteroatoms. The summed E-state index contributed by atoms with van der Waals surface area (Å²) in [5.41, 5.74) is 0.513. The molecule has 2 heterocycles. The second-order valence-electron chi connectivity index (χ2n) is 4.47. The number of hydrogen-bond donors (Lipinski definition) is 1. The van der Waals surface area contributed by atoms with Gasteiger partial charge in [0, 0.05) is 16.7 Å². The second kappa shape index (κ2) is 7.65. The molecule has 0 saturated carbocycles. The first-order valence-electron chi connectivity index (χ1n) is 6.72. The summed E-state index contributed by atoms with van der Waals surface area (Å²) < 4.78 is 6.10. The Bertz CT molecular complexity index is 874. The van der Waals surface area contributed by atoms with E-state index in [9.17, 15) is 4.79 Å². The number of thiophene rings is 1. The van der Waals surface area contributed by atoms with E-state index >= 15 is 0 Å². The van der Waals surface area contributed by atoms with Crippen LogP contribution >= 0.6 is 38.6 Å². The van der Waals surface area contributed by atoms with Crippen molar-refractivity contribution in [1.82, 2.24) is 10.2 Å². The van der Waals surface area contributed by atoms with E-state index in [1.54, 1.807) is 48.9 Å². The first-order chi connectivity index (χ1) is 11.6. The average molecular weight is 423 g/mol. The quantitative estimate of drug-likeness (QED) is 0.619. The summed E-state index contributed by atoms with van der Waals surface area (Å²) in [6, 6.07) is 10.7. The van der Waals surface area contributed by atoms with Gasteiger partial charge in [-0.25, -0.2) is 4.99 Å². The molecule has 3 rings (SSSR count). The van der Waals surface area contributed by atoms with Crippen molar-refractivity contribution >= 4 is 61.0 Å². The molecule has 0 fully saturated rings. The fraction of sp³-hybridized carbons (Fsp3) is 0.0667. The Morgan fingerprint density at radius 1 is 1.21 bits per heavy atom. The second-order valence-corrected chi connectivity index (χ2v) is 7.92. The van der Waals surface area contributed by atoms with Gasteiger partial charge in [0.15, 0.2) is 0 Å². The first-order valence-corrected chi connectivity index (χ1v) is 9.15. The van der Waals surface area contributed by atoms with Crippen molar-refractivity contribution in [3.63, 3.8) is 0 Å². The van der Waals surface area contributed by atoms with E-state index in [0.29, 0.717) is 21.6 Å². The van der Waals surface area contributed by atoms with E-state index in [-0.39, 0.29) is 5.91 Å². The van der Waals surface area contributed by atoms with Gasteiger partial charge in [-0.1, -0.05) is 11.3 Å². The lowest BCUT2D eigenvalue weighted by Crippen LogP contribution is -2.11. The molecule has 0 radical (unpaired) electrons. The van der Waals surface area contributed by atoms with Crippen LogP contribution in [0.3, 0.4) is 0 Å². The molecule has 0 atom stereocenters. The predicted molar refractivity (Wildman–Crippen MR) is 100 cm³/mol. The molecule has 24 heavy (non-hydrogen) atoms. The zero-order chi connectivity index (χ0) is 16.9. The normalized spacial score (nSPS) is 10.9. The highest BCUT2D eigenvalue weighted by molar-refractivity contribution is 9.11. The summed E-state index contributed by atoms with van der Waals surface area (Å²) in [5, 5.41) is 11.4. The molecule has 0 aliphatic carbocycles. The molecule has 0 aliphatic heterocycles. The van der Waals surface area contributed by atoms with Crippen molar-refractivity contribution in [3.8, 4) is 5.75 Å². The van der Waals surface area contributed by atoms with Crippen molar-refractivity contribution in [1.29, 1.82) is 0 Å². The van der Waals surface area contributed by atoms with Gasteiger partial charge in [-0.2, -0.15) is 0 Å². The lowest BCUT2D eigenvalue weighted by Gasteiger charge is -2.02. The zero-order valence-electron chi connectivity index (χ0n) is 12.4. The van der Waals surface area contributed by atoms with Gasteiger partial charge in [0.05, 0.1) is 10.9 Å². The fourth-order valence-corrected chi connectivity index (χ4v) is 3.63. The van der Waals surface area contributed by atoms with Crippen molar-refractivity contribution in [2.45, 2.75) is 0 Å². The summed E-state index contributed by atoms with van der Waals surface area (Å²) in [6.07, 6.45) is 1.71. The average Bonchev–Trinajstić information content (AvgIpc) is 3.22. The van der Waals surface area contributed by atoms with Crippen LogP contribution in [0.15, 0.2) is 45.2 Å². The first kappa shape index (κ1) is 16.7. The highest BCUT2D eigenvalue weighted by Gasteiger charge is 2.10. The number of carbonyl (C=O) groups is 1. The summed E-state index contributed by atoms with van der Waals surface area (Å²) in [6.45, 7) is 0. The molecule has 6 nitrogen and oxygen atoms in total. The van der Waals surface area contributed by atoms with E-state index in [1.807, 2.05) is 12.1 Å². The standard InChI is InChI=1S/C15H11BrN4O2S2/c1-22-10-4-2-9(3-5-10)13(21)18-15-20-19-14(24-15)17-8-11-6-7-12(16)23-11/h2-8H,1H3,(H,18,20,21)/b17-8+. The van der Waals surface area contributed by atoms with Crippen LogP contribution in [0.5, 0.6) is 5.75 Å². The molecule has 122 valence electrons. The van der Waals surface area contributed by atoms with Gasteiger partial charge in [0.25, 0.3) is 5.91 Å². The number of hydrogen-bond acceptors (Lipinski definition) is 7. The SMILES string of the molecule is COc1ccc(C(=O)Nc2nnc(/N=C/c3ccc(Br)s3)s2)cc1. The number of nitrogens with zero attached hydrogens (tertiary/aromatic N) is 3. The molecular formula is C15H11BrN4O2S2. The predicted octanol–water partition coefficient (Wildman–Crippen LogP) is 4.37. The number of ether oxygens (including phenoxy) is 1. The van der Waals surface area contributed by atoms with E-state index in [2.05, 4.69) is 36.4 Å². The number of methoxy groups -OCH3 is 1. The third kappa shape index (κ3) is 4.25. The number of nitrogens with one attached hydrogen (secondary N) is 1. The van der Waals surface area contributed by atoms with Gasteiger partial charge < -0.3 is 4.74 Å². The molecule has 0 saturated heterocycles. The summed E-state index contributed by atoms with van der Waals surface area (Å²) >= 11 is 6.17. The van der Waals surface area contributed by atoms with Gasteiger partial charge in [-0.3, -0.25) is 10.1 Å². The van der Waals surface area contributed by atoms with E-state index in [4.69, 9.17) is 4.74 Å². The third-order valence-electron chi connectivity index (χ3n) is 2.88. The summed E-state index contributed by atoms with van der Waals surface area (Å²) in [4.78, 5) is 17.4. The van der Waals surface area contributed by atoms with Crippen LogP contribution in [0.4, 0.5) is 10.3 Å². The molecular weight excluding hydrogens is 412 g/mol. The number of aromatic nitrogens is 2. The Hall–Kier alpha value is -2.10. The zero-order valence-corrected chi connectivity index (χ0v) is 15.6. The molecule has 3 aromatic rings. The minimum atomic E-state index is -0.258. The number of aliphatic imine (C=N–C) groups is 1. The lowest BCUT2D eigenvalue weighted by atomic mass is 10.2. The number of carbonyl (C=O) groups excluding carboxylic acids is 1. The monoisotopic (exact) mass is 422 g/mol. The molecule has 1 aromatic carbocycles. The number of anilines is 1. The van der Waals surface area contributed by atoms with Crippen molar-refractivity contribution in [2.24, 2.45) is 4.99 Å². The highest BCUT2D eigenvalue weighted by Crippen LogP contribution is 2.25. The van der Waals surface area contributed by atoms with Crippen molar-refractivity contribution in [2.75, 3.05) is 12.4 Å². The summed E-state index contributed by atoms with van der Waals surface area (Å²) in [5.74, 6) is 0.436. The van der Waals surface area contributed by atoms with Crippen LogP contribution in [-0.2, 0) is 0 Å². The van der Waals surface area contributed by atoms with Crippen LogP contribution in [0.2, 0.25) is 0 Å². The Labute approximate surface area is 154 Å². The molecule has 0 bridgehead atoms. The van der Waals surface area contributed by atoms with E-state index < -0.39 is 0 Å². The molecule has 0 aliphatic rings. The maximum atomic E-state index is 12.2. The van der Waals surface area contributed by atoms with Crippen molar-refractivity contribution in [3.05, 3.63) is 50.6 Å². The molecule has 2 aromatic heterocycles. The van der Waals surface area contributed by atoms with Gasteiger partial charge in [-0.15, -0.1) is 21.5 Å². The van der Waals surface area contributed by atoms with Crippen LogP contribution in [0.25, 0.3) is 0 Å². The van der Waals surface area contributed by atoms with Crippen LogP contribution in [0, 0.1) is 0 Å². The number of amides is 1. The van der Waals surface area contributed by atoms with Gasteiger partial charge in [0.2, 0.25) is 10.3 Å². The minimum Gasteiger partial charge on any atom is -0.497 e. The van der Waals surface area contributed by atoms with Crippen LogP contribution in [-0.4, -0.2) is 29.4 Å². The molecule has 1 amide bonds. The number of halogens is 1. The van der Waals surface area contributed by atoms with E-state index in [0.717, 1.165) is 8.66 Å². The molecule has 0 spiro atoms. The Morgan fingerprint density at radius 2 is 2.00 bits per heavy atom. The Morgan fingerprint density at radius 3 is 2.67 bits per heavy atom. The van der Waals surface area contributed by atoms with Crippen LogP contribution < -0.4 is 10.1 Å². The van der Waals surface area contributed by atoms with Crippen molar-refractivity contribution < 1.29 is 9.53 Å².